The summed E-state index contributed by atoms with van der Waals surface area (Å²) in [6, 6.07) is 8.35. The summed E-state index contributed by atoms with van der Waals surface area (Å²) in [5, 5.41) is 3.59. The Morgan fingerprint density at radius 2 is 1.54 bits per heavy atom. The van der Waals surface area contributed by atoms with Crippen molar-refractivity contribution in [3.05, 3.63) is 85.0 Å². The fraction of sp³-hybridized carbons (Fsp3) is 0.211. The number of hydrogen-bond donors (Lipinski definition) is 1. The first-order valence-electron chi connectivity index (χ1n) is 8.47. The highest BCUT2D eigenvalue weighted by Gasteiger charge is 2.21. The Balaban J connectivity index is 1.54. The highest BCUT2D eigenvalue weighted by atomic mass is 15.2. The summed E-state index contributed by atoms with van der Waals surface area (Å²) in [7, 11) is 4.00. The summed E-state index contributed by atoms with van der Waals surface area (Å²) < 4.78 is 6.03. The van der Waals surface area contributed by atoms with Gasteiger partial charge in [0.25, 0.3) is 0 Å². The summed E-state index contributed by atoms with van der Waals surface area (Å²) in [4.78, 5) is 13.1. The van der Waals surface area contributed by atoms with E-state index in [1.54, 1.807) is 12.5 Å². The molecule has 1 aromatic carbocycles. The molecule has 7 nitrogen and oxygen atoms in total. The van der Waals surface area contributed by atoms with Gasteiger partial charge in [0.15, 0.2) is 0 Å². The maximum Gasteiger partial charge on any atom is 0.133 e. The Kier molecular flexibility index (Phi) is 4.37. The molecule has 0 aliphatic heterocycles. The minimum Gasteiger partial charge on any atom is -0.336 e. The van der Waals surface area contributed by atoms with Gasteiger partial charge >= 0.3 is 0 Å². The Morgan fingerprint density at radius 3 is 2.04 bits per heavy atom. The number of aryl methyl sites for hydroxylation is 2. The van der Waals surface area contributed by atoms with Crippen LogP contribution in [0.25, 0.3) is 5.69 Å². The monoisotopic (exact) mass is 347 g/mol. The van der Waals surface area contributed by atoms with Gasteiger partial charge in [-0.25, -0.2) is 15.0 Å². The molecule has 0 bridgehead atoms. The van der Waals surface area contributed by atoms with Crippen LogP contribution >= 0.6 is 0 Å². The number of nitrogens with one attached hydrogen (secondary N) is 1. The molecule has 3 aromatic heterocycles. The molecule has 0 radical (unpaired) electrons. The first-order chi connectivity index (χ1) is 12.7. The largest absolute Gasteiger partial charge is 0.336 e. The highest BCUT2D eigenvalue weighted by Crippen LogP contribution is 2.19. The number of rotatable bonds is 6. The molecule has 0 fully saturated rings. The van der Waals surface area contributed by atoms with Gasteiger partial charge < -0.3 is 13.7 Å². The quantitative estimate of drug-likeness (QED) is 0.581. The number of aromatic nitrogens is 6. The van der Waals surface area contributed by atoms with Crippen molar-refractivity contribution in [3.8, 4) is 5.69 Å². The number of hydrogen-bond acceptors (Lipinski definition) is 4. The van der Waals surface area contributed by atoms with E-state index >= 15 is 0 Å². The lowest BCUT2D eigenvalue weighted by Crippen LogP contribution is -2.27. The van der Waals surface area contributed by atoms with E-state index in [-0.39, 0.29) is 6.04 Å². The van der Waals surface area contributed by atoms with E-state index in [1.165, 1.54) is 5.56 Å². The van der Waals surface area contributed by atoms with Crippen LogP contribution < -0.4 is 5.32 Å². The van der Waals surface area contributed by atoms with Gasteiger partial charge in [0.2, 0.25) is 0 Å². The molecule has 4 rings (SSSR count). The highest BCUT2D eigenvalue weighted by molar-refractivity contribution is 5.34. The molecule has 4 aromatic rings. The van der Waals surface area contributed by atoms with Crippen molar-refractivity contribution < 1.29 is 0 Å². The Morgan fingerprint density at radius 1 is 0.885 bits per heavy atom. The van der Waals surface area contributed by atoms with Crippen LogP contribution in [0.1, 0.15) is 23.3 Å². The van der Waals surface area contributed by atoms with Gasteiger partial charge in [-0.3, -0.25) is 5.32 Å². The lowest BCUT2D eigenvalue weighted by atomic mass is 10.1. The van der Waals surface area contributed by atoms with Crippen molar-refractivity contribution in [3.63, 3.8) is 0 Å². The van der Waals surface area contributed by atoms with Gasteiger partial charge in [-0.2, -0.15) is 0 Å². The van der Waals surface area contributed by atoms with Crippen LogP contribution in [0.5, 0.6) is 0 Å². The summed E-state index contributed by atoms with van der Waals surface area (Å²) in [6.07, 6.45) is 13.0. The van der Waals surface area contributed by atoms with Crippen molar-refractivity contribution in [2.24, 2.45) is 14.1 Å². The molecule has 0 saturated carbocycles. The Hall–Kier alpha value is -3.19. The van der Waals surface area contributed by atoms with Crippen LogP contribution in [0.3, 0.4) is 0 Å². The molecule has 0 spiro atoms. The van der Waals surface area contributed by atoms with Crippen LogP contribution in [0.2, 0.25) is 0 Å². The van der Waals surface area contributed by atoms with Crippen molar-refractivity contribution in [1.29, 1.82) is 0 Å². The van der Waals surface area contributed by atoms with E-state index in [1.807, 2.05) is 58.8 Å². The van der Waals surface area contributed by atoms with Crippen molar-refractivity contribution in [2.45, 2.75) is 12.6 Å². The molecule has 0 aliphatic carbocycles. The average Bonchev–Trinajstić information content (AvgIpc) is 3.40. The minimum absolute atomic E-state index is 0.0803. The molecule has 132 valence electrons. The molecule has 0 aliphatic rings. The maximum absolute atomic E-state index is 4.51. The van der Waals surface area contributed by atoms with E-state index < -0.39 is 0 Å². The molecule has 3 heterocycles. The fourth-order valence-electron chi connectivity index (χ4n) is 3.03. The topological polar surface area (TPSA) is 65.5 Å². The maximum atomic E-state index is 4.51. The zero-order chi connectivity index (χ0) is 17.9. The molecule has 1 N–H and O–H groups in total. The van der Waals surface area contributed by atoms with Crippen LogP contribution in [-0.4, -0.2) is 28.7 Å². The molecule has 0 saturated heterocycles. The van der Waals surface area contributed by atoms with Crippen LogP contribution in [0, 0.1) is 0 Å². The third-order valence-corrected chi connectivity index (χ3v) is 4.48. The van der Waals surface area contributed by atoms with Gasteiger partial charge in [-0.1, -0.05) is 12.1 Å². The number of nitrogens with zero attached hydrogens (tertiary/aromatic N) is 6. The normalized spacial score (nSPS) is 11.3. The van der Waals surface area contributed by atoms with Crippen LogP contribution in [-0.2, 0) is 20.6 Å². The first-order valence-corrected chi connectivity index (χ1v) is 8.47. The summed E-state index contributed by atoms with van der Waals surface area (Å²) in [5.74, 6) is 1.88. The van der Waals surface area contributed by atoms with Gasteiger partial charge in [0.1, 0.15) is 17.7 Å². The Bertz CT molecular complexity index is 923. The lowest BCUT2D eigenvalue weighted by Gasteiger charge is -2.18. The Labute approximate surface area is 152 Å². The molecule has 26 heavy (non-hydrogen) atoms. The van der Waals surface area contributed by atoms with Crippen molar-refractivity contribution in [1.82, 2.24) is 34.0 Å². The average molecular weight is 347 g/mol. The molecule has 7 heteroatoms. The number of benzene rings is 1. The van der Waals surface area contributed by atoms with E-state index in [0.29, 0.717) is 6.54 Å². The predicted octanol–water partition coefficient (Wildman–Crippen LogP) is 2.22. The molecular formula is C19H21N7. The second kappa shape index (κ2) is 6.97. The standard InChI is InChI=1S/C19H21N7/c1-24-10-8-21-18(24)17(19-22-9-11-25(19)2)23-13-15-3-5-16(6-4-15)26-12-7-20-14-26/h3-12,14,17,23H,13H2,1-2H3. The van der Waals surface area contributed by atoms with E-state index in [2.05, 4.69) is 44.5 Å². The SMILES string of the molecule is Cn1ccnc1C(NCc1ccc(-n2ccnc2)cc1)c1nccn1C. The summed E-state index contributed by atoms with van der Waals surface area (Å²) in [6.45, 7) is 0.717. The van der Waals surface area contributed by atoms with Crippen molar-refractivity contribution in [2.75, 3.05) is 0 Å². The molecule has 0 amide bonds. The van der Waals surface area contributed by atoms with Gasteiger partial charge in [0.05, 0.1) is 6.33 Å². The zero-order valence-corrected chi connectivity index (χ0v) is 14.8. The lowest BCUT2D eigenvalue weighted by molar-refractivity contribution is 0.519. The molecule has 0 unspecified atom stereocenters. The number of imidazole rings is 3. The van der Waals surface area contributed by atoms with Gasteiger partial charge in [-0.15, -0.1) is 0 Å². The molecular weight excluding hydrogens is 326 g/mol. The van der Waals surface area contributed by atoms with Crippen LogP contribution in [0.4, 0.5) is 0 Å². The third kappa shape index (κ3) is 3.16. The minimum atomic E-state index is -0.0803. The third-order valence-electron chi connectivity index (χ3n) is 4.48. The van der Waals surface area contributed by atoms with E-state index in [4.69, 9.17) is 0 Å². The second-order valence-corrected chi connectivity index (χ2v) is 6.24. The molecule has 0 atom stereocenters. The van der Waals surface area contributed by atoms with Crippen molar-refractivity contribution >= 4 is 0 Å². The predicted molar refractivity (Wildman–Crippen MR) is 98.7 cm³/mol. The van der Waals surface area contributed by atoms with E-state index in [9.17, 15) is 0 Å². The summed E-state index contributed by atoms with van der Waals surface area (Å²) >= 11 is 0. The van der Waals surface area contributed by atoms with Gasteiger partial charge in [-0.05, 0) is 17.7 Å². The second-order valence-electron chi connectivity index (χ2n) is 6.24. The van der Waals surface area contributed by atoms with E-state index in [0.717, 1.165) is 17.3 Å². The zero-order valence-electron chi connectivity index (χ0n) is 14.8. The smallest absolute Gasteiger partial charge is 0.133 e. The summed E-state index contributed by atoms with van der Waals surface area (Å²) in [5.41, 5.74) is 2.29. The fourth-order valence-corrected chi connectivity index (χ4v) is 3.03. The first kappa shape index (κ1) is 16.3. The van der Waals surface area contributed by atoms with Gasteiger partial charge in [0, 0.05) is 63.5 Å². The van der Waals surface area contributed by atoms with Crippen LogP contribution in [0.15, 0.2) is 67.8 Å².